The standard InChI is InChI=1S/C8H13BOS2/c1-3-8-4-11-12-6(5(8)2)7(9)10-8/h5-7H,3-4H2,1-2H3/t5-,6?,7-,8+/m1/s1. The number of fused-ring (bicyclic) bond motifs is 2. The highest BCUT2D eigenvalue weighted by Crippen LogP contribution is 2.54. The molecule has 0 aromatic carbocycles. The molecular formula is C8H13BOS2. The van der Waals surface area contributed by atoms with E-state index in [-0.39, 0.29) is 11.6 Å². The summed E-state index contributed by atoms with van der Waals surface area (Å²) in [4.78, 5) is 0. The summed E-state index contributed by atoms with van der Waals surface area (Å²) in [7, 11) is 9.73. The maximum absolute atomic E-state index is 5.91. The predicted octanol–water partition coefficient (Wildman–Crippen LogP) is 2.06. The van der Waals surface area contributed by atoms with Crippen LogP contribution in [-0.2, 0) is 4.74 Å². The van der Waals surface area contributed by atoms with Gasteiger partial charge >= 0.3 is 0 Å². The van der Waals surface area contributed by atoms with Crippen molar-refractivity contribution in [3.8, 4) is 0 Å². The molecule has 4 atom stereocenters. The van der Waals surface area contributed by atoms with E-state index in [1.54, 1.807) is 0 Å². The fourth-order valence-corrected chi connectivity index (χ4v) is 5.69. The molecule has 2 bridgehead atoms. The van der Waals surface area contributed by atoms with Gasteiger partial charge in [-0.2, -0.15) is 0 Å². The largest absolute Gasteiger partial charge is 0.379 e. The first-order valence-electron chi connectivity index (χ1n) is 4.41. The van der Waals surface area contributed by atoms with Gasteiger partial charge < -0.3 is 4.74 Å². The van der Waals surface area contributed by atoms with Gasteiger partial charge in [-0.05, 0) is 6.42 Å². The van der Waals surface area contributed by atoms with Gasteiger partial charge in [0.1, 0.15) is 7.85 Å². The van der Waals surface area contributed by atoms with Crippen LogP contribution in [-0.4, -0.2) is 30.5 Å². The molecule has 0 amide bonds. The minimum absolute atomic E-state index is 0.0417. The third-order valence-electron chi connectivity index (χ3n) is 3.10. The third-order valence-corrected chi connectivity index (χ3v) is 6.17. The van der Waals surface area contributed by atoms with Crippen LogP contribution in [0.3, 0.4) is 0 Å². The van der Waals surface area contributed by atoms with E-state index in [9.17, 15) is 0 Å². The molecule has 0 aromatic heterocycles. The van der Waals surface area contributed by atoms with Gasteiger partial charge in [0.05, 0.1) is 5.60 Å². The molecular weight excluding hydrogens is 187 g/mol. The summed E-state index contributed by atoms with van der Waals surface area (Å²) < 4.78 is 5.87. The van der Waals surface area contributed by atoms with Gasteiger partial charge in [0.15, 0.2) is 0 Å². The van der Waals surface area contributed by atoms with Crippen LogP contribution >= 0.6 is 21.6 Å². The Hall–Kier alpha value is 0.725. The SMILES string of the molecule is [B][C@@H]1O[C@@]2(CC)CSSC1[C@H]2C. The number of hydrogen-bond acceptors (Lipinski definition) is 3. The molecule has 1 nitrogen and oxygen atoms in total. The van der Waals surface area contributed by atoms with Crippen molar-refractivity contribution < 1.29 is 4.74 Å². The van der Waals surface area contributed by atoms with E-state index in [1.807, 2.05) is 21.6 Å². The molecule has 2 fully saturated rings. The maximum atomic E-state index is 5.91. The van der Waals surface area contributed by atoms with Crippen molar-refractivity contribution in [1.82, 2.24) is 0 Å². The third kappa shape index (κ3) is 1.15. The van der Waals surface area contributed by atoms with Crippen LogP contribution in [0.25, 0.3) is 0 Å². The van der Waals surface area contributed by atoms with Crippen LogP contribution in [0.4, 0.5) is 0 Å². The van der Waals surface area contributed by atoms with Gasteiger partial charge in [0.25, 0.3) is 0 Å². The number of ether oxygens (including phenoxy) is 1. The van der Waals surface area contributed by atoms with Crippen LogP contribution in [0, 0.1) is 5.92 Å². The first kappa shape index (κ1) is 9.29. The van der Waals surface area contributed by atoms with E-state index in [0.717, 1.165) is 12.2 Å². The normalized spacial score (nSPS) is 52.7. The lowest BCUT2D eigenvalue weighted by atomic mass is 9.84. The topological polar surface area (TPSA) is 9.23 Å². The molecule has 1 unspecified atom stereocenters. The lowest BCUT2D eigenvalue weighted by Gasteiger charge is -2.35. The van der Waals surface area contributed by atoms with Crippen LogP contribution in [0.5, 0.6) is 0 Å². The van der Waals surface area contributed by atoms with Crippen molar-refractivity contribution in [3.63, 3.8) is 0 Å². The van der Waals surface area contributed by atoms with Crippen LogP contribution in [0.15, 0.2) is 0 Å². The molecule has 2 aliphatic heterocycles. The average molecular weight is 200 g/mol. The van der Waals surface area contributed by atoms with Crippen molar-refractivity contribution in [1.29, 1.82) is 0 Å². The van der Waals surface area contributed by atoms with Crippen LogP contribution < -0.4 is 0 Å². The molecule has 2 rings (SSSR count). The zero-order valence-corrected chi connectivity index (χ0v) is 9.08. The first-order chi connectivity index (χ1) is 5.69. The van der Waals surface area contributed by atoms with Gasteiger partial charge in [-0.15, -0.1) is 0 Å². The Morgan fingerprint density at radius 1 is 1.67 bits per heavy atom. The fraction of sp³-hybridized carbons (Fsp3) is 1.00. The Bertz CT molecular complexity index is 190. The van der Waals surface area contributed by atoms with Gasteiger partial charge in [-0.1, -0.05) is 35.4 Å². The molecule has 0 aliphatic carbocycles. The molecule has 2 heterocycles. The highest BCUT2D eigenvalue weighted by Gasteiger charge is 2.52. The minimum atomic E-state index is -0.0417. The summed E-state index contributed by atoms with van der Waals surface area (Å²) in [5, 5.41) is 0.503. The van der Waals surface area contributed by atoms with E-state index in [0.29, 0.717) is 11.2 Å². The Morgan fingerprint density at radius 3 is 3.00 bits per heavy atom. The highest BCUT2D eigenvalue weighted by molar-refractivity contribution is 8.77. The zero-order chi connectivity index (χ0) is 8.77. The molecule has 0 saturated carbocycles. The molecule has 0 spiro atoms. The molecule has 12 heavy (non-hydrogen) atoms. The van der Waals surface area contributed by atoms with Crippen molar-refractivity contribution in [2.24, 2.45) is 5.92 Å². The molecule has 4 heteroatoms. The maximum Gasteiger partial charge on any atom is 0.110 e. The first-order valence-corrected chi connectivity index (χ1v) is 6.79. The summed E-state index contributed by atoms with van der Waals surface area (Å²) in [5.74, 6) is 1.71. The van der Waals surface area contributed by atoms with E-state index in [4.69, 9.17) is 12.6 Å². The van der Waals surface area contributed by atoms with Crippen molar-refractivity contribution in [3.05, 3.63) is 0 Å². The van der Waals surface area contributed by atoms with Gasteiger partial charge in [0, 0.05) is 22.9 Å². The summed E-state index contributed by atoms with van der Waals surface area (Å²) in [6, 6.07) is -0.0417. The highest BCUT2D eigenvalue weighted by atomic mass is 33.1. The summed E-state index contributed by atoms with van der Waals surface area (Å²) >= 11 is 0. The van der Waals surface area contributed by atoms with E-state index >= 15 is 0 Å². The van der Waals surface area contributed by atoms with Crippen LogP contribution in [0.2, 0.25) is 0 Å². The summed E-state index contributed by atoms with van der Waals surface area (Å²) in [6.07, 6.45) is 1.09. The van der Waals surface area contributed by atoms with Crippen molar-refractivity contribution in [2.75, 3.05) is 5.75 Å². The van der Waals surface area contributed by atoms with Crippen LogP contribution in [0.1, 0.15) is 20.3 Å². The van der Waals surface area contributed by atoms with Gasteiger partial charge in [-0.3, -0.25) is 0 Å². The molecule has 2 aliphatic rings. The molecule has 0 aromatic rings. The quantitative estimate of drug-likeness (QED) is 0.473. The molecule has 0 N–H and O–H groups in total. The second-order valence-electron chi connectivity index (χ2n) is 3.61. The summed E-state index contributed by atoms with van der Waals surface area (Å²) in [6.45, 7) is 4.47. The monoisotopic (exact) mass is 200 g/mol. The predicted molar refractivity (Wildman–Crippen MR) is 56.7 cm³/mol. The second kappa shape index (κ2) is 3.14. The van der Waals surface area contributed by atoms with E-state index in [2.05, 4.69) is 13.8 Å². The molecule has 2 radical (unpaired) electrons. The lowest BCUT2D eigenvalue weighted by Crippen LogP contribution is -2.39. The average Bonchev–Trinajstić information content (AvgIpc) is 2.23. The minimum Gasteiger partial charge on any atom is -0.379 e. The summed E-state index contributed by atoms with van der Waals surface area (Å²) in [5.41, 5.74) is 0.0833. The number of rotatable bonds is 1. The van der Waals surface area contributed by atoms with Crippen molar-refractivity contribution >= 4 is 29.4 Å². The van der Waals surface area contributed by atoms with Crippen molar-refractivity contribution in [2.45, 2.75) is 37.1 Å². The smallest absolute Gasteiger partial charge is 0.110 e. The number of hydrogen-bond donors (Lipinski definition) is 0. The van der Waals surface area contributed by atoms with E-state index < -0.39 is 0 Å². The van der Waals surface area contributed by atoms with Gasteiger partial charge in [-0.25, -0.2) is 0 Å². The molecule has 66 valence electrons. The molecule has 2 saturated heterocycles. The van der Waals surface area contributed by atoms with Gasteiger partial charge in [0.2, 0.25) is 0 Å². The Morgan fingerprint density at radius 2 is 2.42 bits per heavy atom. The fourth-order valence-electron chi connectivity index (χ4n) is 2.05. The lowest BCUT2D eigenvalue weighted by molar-refractivity contribution is -0.0140. The zero-order valence-electron chi connectivity index (χ0n) is 7.45. The Kier molecular flexibility index (Phi) is 2.43. The second-order valence-corrected chi connectivity index (χ2v) is 6.16. The Labute approximate surface area is 83.2 Å². The van der Waals surface area contributed by atoms with E-state index in [1.165, 1.54) is 0 Å². The Balaban J connectivity index is 2.24.